The summed E-state index contributed by atoms with van der Waals surface area (Å²) in [6.07, 6.45) is -1.21. The molecule has 0 fully saturated rings. The zero-order chi connectivity index (χ0) is 4.99. The van der Waals surface area contributed by atoms with Crippen LogP contribution in [0.3, 0.4) is 0 Å². The first-order valence-corrected chi connectivity index (χ1v) is 1.72. The Morgan fingerprint density at radius 1 is 1.86 bits per heavy atom. The van der Waals surface area contributed by atoms with Crippen molar-refractivity contribution in [2.24, 2.45) is 0 Å². The molecule has 1 amide bonds. The summed E-state index contributed by atoms with van der Waals surface area (Å²) in [6.45, 7) is 2.11. The van der Waals surface area contributed by atoms with E-state index in [1.165, 1.54) is 0 Å². The van der Waals surface area contributed by atoms with Gasteiger partial charge in [0.15, 0.2) is 0 Å². The van der Waals surface area contributed by atoms with Gasteiger partial charge in [0.1, 0.15) is 6.09 Å². The lowest BCUT2D eigenvalue weighted by Crippen LogP contribution is -2.35. The molecule has 0 spiro atoms. The van der Waals surface area contributed by atoms with Crippen molar-refractivity contribution in [3.05, 3.63) is 0 Å². The Labute approximate surface area is 42.1 Å². The summed E-state index contributed by atoms with van der Waals surface area (Å²) in [6, 6.07) is 0. The predicted molar refractivity (Wildman–Crippen MR) is 24.1 cm³/mol. The maximum atomic E-state index is 9.38. The van der Waals surface area contributed by atoms with Crippen LogP contribution in [-0.2, 0) is 0 Å². The van der Waals surface area contributed by atoms with Crippen LogP contribution in [0.2, 0.25) is 0 Å². The monoisotopic (exact) mass is 105 g/mol. The van der Waals surface area contributed by atoms with Crippen LogP contribution in [0.5, 0.6) is 0 Å². The van der Waals surface area contributed by atoms with Crippen molar-refractivity contribution in [1.82, 2.24) is 11.5 Å². The molecule has 44 valence electrons. The van der Waals surface area contributed by atoms with Crippen LogP contribution in [0.1, 0.15) is 6.92 Å². The molecule has 0 heterocycles. The highest BCUT2D eigenvalue weighted by Crippen LogP contribution is 1.48. The summed E-state index contributed by atoms with van der Waals surface area (Å²) in [7, 11) is 0. The summed E-state index contributed by atoms with van der Waals surface area (Å²) in [4.78, 5) is 9.38. The second kappa shape index (κ2) is 5.23. The quantitative estimate of drug-likeness (QED) is 0.453. The lowest BCUT2D eigenvalue weighted by Gasteiger charge is -1.98. The molecule has 0 saturated carbocycles. The first kappa shape index (κ1) is 9.52. The fraction of sp³-hybridized carbons (Fsp3) is 0.667. The predicted octanol–water partition coefficient (Wildman–Crippen LogP) is -0.899. The number of carbonyl (C=O) groups excluding carboxylic acids is 1. The van der Waals surface area contributed by atoms with Gasteiger partial charge in [-0.25, -0.2) is 0 Å². The van der Waals surface area contributed by atoms with Crippen LogP contribution >= 0.6 is 0 Å². The summed E-state index contributed by atoms with van der Waals surface area (Å²) in [5.41, 5.74) is 0. The van der Waals surface area contributed by atoms with Gasteiger partial charge in [-0.05, 0) is 6.92 Å². The van der Waals surface area contributed by atoms with E-state index in [4.69, 9.17) is 0 Å². The van der Waals surface area contributed by atoms with E-state index in [9.17, 15) is 9.90 Å². The summed E-state index contributed by atoms with van der Waals surface area (Å²) in [5.74, 6) is 0. The minimum absolute atomic E-state index is 0. The third-order valence-electron chi connectivity index (χ3n) is 0.321. The van der Waals surface area contributed by atoms with E-state index < -0.39 is 6.09 Å². The minimum Gasteiger partial charge on any atom is -0.530 e. The molecule has 0 aliphatic heterocycles. The zero-order valence-corrected chi connectivity index (χ0v) is 4.23. The van der Waals surface area contributed by atoms with Gasteiger partial charge < -0.3 is 21.4 Å². The average Bonchev–Trinajstić information content (AvgIpc) is 1.35. The fourth-order valence-corrected chi connectivity index (χ4v) is 0.144. The van der Waals surface area contributed by atoms with E-state index in [-0.39, 0.29) is 6.15 Å². The zero-order valence-electron chi connectivity index (χ0n) is 4.23. The van der Waals surface area contributed by atoms with Crippen molar-refractivity contribution in [1.29, 1.82) is 0 Å². The normalized spacial score (nSPS) is 6.43. The van der Waals surface area contributed by atoms with E-state index in [0.717, 1.165) is 0 Å². The molecular formula is C3H9N2O2-. The third kappa shape index (κ3) is 11.0. The van der Waals surface area contributed by atoms with Crippen molar-refractivity contribution in [2.75, 3.05) is 6.54 Å². The number of nitrogens with one attached hydrogen (secondary N) is 1. The van der Waals surface area contributed by atoms with Gasteiger partial charge in [-0.3, -0.25) is 0 Å². The summed E-state index contributed by atoms with van der Waals surface area (Å²) >= 11 is 0. The van der Waals surface area contributed by atoms with Crippen LogP contribution in [0.15, 0.2) is 0 Å². The lowest BCUT2D eigenvalue weighted by molar-refractivity contribution is -0.250. The summed E-state index contributed by atoms with van der Waals surface area (Å²) < 4.78 is 0. The van der Waals surface area contributed by atoms with Gasteiger partial charge in [0.25, 0.3) is 0 Å². The molecule has 0 bridgehead atoms. The highest BCUT2D eigenvalue weighted by atomic mass is 16.4. The molecule has 0 unspecified atom stereocenters. The largest absolute Gasteiger partial charge is 0.530 e. The van der Waals surface area contributed by atoms with Crippen LogP contribution in [0.4, 0.5) is 4.79 Å². The van der Waals surface area contributed by atoms with Crippen LogP contribution in [-0.4, -0.2) is 12.6 Å². The standard InChI is InChI=1S/C3H7NO2.H3N/c1-2-4-3(5)6;/h4H,2H2,1H3,(H,5,6);1H3/p-1. The molecule has 0 radical (unpaired) electrons. The van der Waals surface area contributed by atoms with Crippen molar-refractivity contribution in [3.8, 4) is 0 Å². The Kier molecular flexibility index (Phi) is 7.12. The van der Waals surface area contributed by atoms with Crippen molar-refractivity contribution in [3.63, 3.8) is 0 Å². The van der Waals surface area contributed by atoms with Gasteiger partial charge >= 0.3 is 0 Å². The first-order valence-electron chi connectivity index (χ1n) is 1.72. The second-order valence-corrected chi connectivity index (χ2v) is 0.818. The smallest absolute Gasteiger partial charge is 0.134 e. The van der Waals surface area contributed by atoms with E-state index >= 15 is 0 Å². The molecule has 4 heteroatoms. The van der Waals surface area contributed by atoms with Crippen LogP contribution < -0.4 is 16.6 Å². The third-order valence-corrected chi connectivity index (χ3v) is 0.321. The lowest BCUT2D eigenvalue weighted by atomic mass is 10.8. The first-order chi connectivity index (χ1) is 2.77. The Bertz CT molecular complexity index is 54.9. The Morgan fingerprint density at radius 2 is 2.29 bits per heavy atom. The summed E-state index contributed by atoms with van der Waals surface area (Å²) in [5, 5.41) is 11.4. The SMILES string of the molecule is CCNC(=O)[O-].N. The van der Waals surface area contributed by atoms with E-state index in [1.807, 2.05) is 5.32 Å². The fourth-order valence-electron chi connectivity index (χ4n) is 0.144. The highest BCUT2D eigenvalue weighted by molar-refractivity contribution is 5.61. The Morgan fingerprint density at radius 3 is 2.29 bits per heavy atom. The van der Waals surface area contributed by atoms with Gasteiger partial charge in [-0.2, -0.15) is 0 Å². The molecule has 7 heavy (non-hydrogen) atoms. The second-order valence-electron chi connectivity index (χ2n) is 0.818. The molecule has 0 saturated heterocycles. The molecule has 0 aliphatic carbocycles. The molecule has 0 atom stereocenters. The number of carboxylic acid groups (broad SMARTS) is 1. The number of hydrogen-bond acceptors (Lipinski definition) is 3. The molecule has 4 nitrogen and oxygen atoms in total. The van der Waals surface area contributed by atoms with E-state index in [2.05, 4.69) is 0 Å². The number of amides is 1. The highest BCUT2D eigenvalue weighted by Gasteiger charge is 1.69. The van der Waals surface area contributed by atoms with E-state index in [1.54, 1.807) is 6.92 Å². The van der Waals surface area contributed by atoms with Crippen molar-refractivity contribution >= 4 is 6.09 Å². The maximum absolute atomic E-state index is 9.38. The van der Waals surface area contributed by atoms with Gasteiger partial charge in [0, 0.05) is 6.54 Å². The number of rotatable bonds is 1. The Balaban J connectivity index is 0. The molecule has 0 aliphatic rings. The van der Waals surface area contributed by atoms with Gasteiger partial charge in [0.2, 0.25) is 0 Å². The van der Waals surface area contributed by atoms with Crippen molar-refractivity contribution in [2.45, 2.75) is 6.92 Å². The van der Waals surface area contributed by atoms with Crippen LogP contribution in [0.25, 0.3) is 0 Å². The minimum atomic E-state index is -1.21. The number of hydrogen-bond donors (Lipinski definition) is 2. The molecule has 0 aromatic heterocycles. The maximum Gasteiger partial charge on any atom is 0.134 e. The molecular weight excluding hydrogens is 96.0 g/mol. The molecule has 0 rings (SSSR count). The topological polar surface area (TPSA) is 87.2 Å². The van der Waals surface area contributed by atoms with Gasteiger partial charge in [-0.1, -0.05) is 0 Å². The average molecular weight is 105 g/mol. The van der Waals surface area contributed by atoms with Crippen LogP contribution in [0, 0.1) is 0 Å². The van der Waals surface area contributed by atoms with E-state index in [0.29, 0.717) is 6.54 Å². The Hall–Kier alpha value is -0.770. The molecule has 4 N–H and O–H groups in total. The molecule has 0 aromatic carbocycles. The van der Waals surface area contributed by atoms with Gasteiger partial charge in [0.05, 0.1) is 0 Å². The van der Waals surface area contributed by atoms with Crippen molar-refractivity contribution < 1.29 is 9.90 Å². The molecule has 0 aromatic rings. The van der Waals surface area contributed by atoms with Gasteiger partial charge in [-0.15, -0.1) is 0 Å². The number of carbonyl (C=O) groups is 1.